The van der Waals surface area contributed by atoms with Crippen molar-refractivity contribution < 1.29 is 4.74 Å². The van der Waals surface area contributed by atoms with E-state index in [1.807, 2.05) is 35.9 Å². The predicted molar refractivity (Wildman–Crippen MR) is 105 cm³/mol. The van der Waals surface area contributed by atoms with Gasteiger partial charge in [-0.1, -0.05) is 12.1 Å². The minimum Gasteiger partial charge on any atom is -0.375 e. The van der Waals surface area contributed by atoms with Gasteiger partial charge in [-0.3, -0.25) is 4.98 Å². The summed E-state index contributed by atoms with van der Waals surface area (Å²) in [7, 11) is 0. The van der Waals surface area contributed by atoms with Gasteiger partial charge in [0.1, 0.15) is 11.6 Å². The first kappa shape index (κ1) is 18.3. The Morgan fingerprint density at radius 2 is 2.00 bits per heavy atom. The van der Waals surface area contributed by atoms with Gasteiger partial charge in [-0.2, -0.15) is 4.68 Å². The summed E-state index contributed by atoms with van der Waals surface area (Å²) in [6.07, 6.45) is 5.25. The van der Waals surface area contributed by atoms with Gasteiger partial charge in [-0.25, -0.2) is 9.97 Å². The zero-order valence-electron chi connectivity index (χ0n) is 15.2. The van der Waals surface area contributed by atoms with Gasteiger partial charge in [-0.15, -0.1) is 17.5 Å². The zero-order valence-corrected chi connectivity index (χ0v) is 16.0. The van der Waals surface area contributed by atoms with Crippen molar-refractivity contribution in [2.24, 2.45) is 0 Å². The Labute approximate surface area is 164 Å². The number of rotatable bonds is 2. The number of hydrogen-bond acceptors (Lipinski definition) is 6. The molecular formula is C19H23ClN6O. The van der Waals surface area contributed by atoms with Gasteiger partial charge in [0, 0.05) is 18.5 Å². The fourth-order valence-electron chi connectivity index (χ4n) is 4.16. The molecule has 2 aromatic heterocycles. The SMILES string of the molecule is Cc1nc([C@H]2CC[C@H]3OCCN[C@@H]3C2)n(-c2cnc3ccccc3n2)n1.Cl. The monoisotopic (exact) mass is 386 g/mol. The molecule has 8 heteroatoms. The number of fused-ring (bicyclic) bond motifs is 2. The van der Waals surface area contributed by atoms with Crippen LogP contribution in [0.25, 0.3) is 16.9 Å². The van der Waals surface area contributed by atoms with Crippen LogP contribution in [0.5, 0.6) is 0 Å². The maximum absolute atomic E-state index is 5.91. The molecule has 0 bridgehead atoms. The average molecular weight is 387 g/mol. The van der Waals surface area contributed by atoms with Crippen LogP contribution in [0.3, 0.4) is 0 Å². The molecule has 1 N–H and O–H groups in total. The summed E-state index contributed by atoms with van der Waals surface area (Å²) < 4.78 is 7.79. The Balaban J connectivity index is 0.00000180. The van der Waals surface area contributed by atoms with Crippen molar-refractivity contribution in [3.05, 3.63) is 42.1 Å². The summed E-state index contributed by atoms with van der Waals surface area (Å²) in [4.78, 5) is 14.0. The van der Waals surface area contributed by atoms with Gasteiger partial charge in [0.2, 0.25) is 0 Å². The molecule has 2 aliphatic rings. The molecule has 3 atom stereocenters. The van der Waals surface area contributed by atoms with Gasteiger partial charge in [0.15, 0.2) is 5.82 Å². The molecule has 142 valence electrons. The number of aryl methyl sites for hydroxylation is 1. The van der Waals surface area contributed by atoms with Crippen LogP contribution >= 0.6 is 12.4 Å². The molecular weight excluding hydrogens is 364 g/mol. The van der Waals surface area contributed by atoms with Crippen molar-refractivity contribution in [1.29, 1.82) is 0 Å². The molecule has 5 rings (SSSR count). The van der Waals surface area contributed by atoms with Crippen LogP contribution < -0.4 is 5.32 Å². The minimum absolute atomic E-state index is 0. The van der Waals surface area contributed by atoms with Gasteiger partial charge < -0.3 is 10.1 Å². The highest BCUT2D eigenvalue weighted by atomic mass is 35.5. The van der Waals surface area contributed by atoms with E-state index < -0.39 is 0 Å². The molecule has 3 heterocycles. The number of benzene rings is 1. The lowest BCUT2D eigenvalue weighted by Crippen LogP contribution is -2.51. The molecule has 1 saturated carbocycles. The highest BCUT2D eigenvalue weighted by molar-refractivity contribution is 5.85. The highest BCUT2D eigenvalue weighted by Gasteiger charge is 2.36. The predicted octanol–water partition coefficient (Wildman–Crippen LogP) is 2.57. The molecule has 3 aromatic rings. The fourth-order valence-corrected chi connectivity index (χ4v) is 4.16. The lowest BCUT2D eigenvalue weighted by molar-refractivity contribution is -0.0281. The van der Waals surface area contributed by atoms with Crippen LogP contribution in [-0.2, 0) is 4.74 Å². The van der Waals surface area contributed by atoms with E-state index in [1.54, 1.807) is 6.20 Å². The first-order chi connectivity index (χ1) is 12.8. The second kappa shape index (κ2) is 7.50. The molecule has 1 aromatic carbocycles. The van der Waals surface area contributed by atoms with Crippen LogP contribution in [0.1, 0.15) is 36.8 Å². The van der Waals surface area contributed by atoms with Gasteiger partial charge in [-0.05, 0) is 38.3 Å². The number of aromatic nitrogens is 5. The Bertz CT molecular complexity index is 945. The van der Waals surface area contributed by atoms with Crippen molar-refractivity contribution >= 4 is 23.4 Å². The van der Waals surface area contributed by atoms with E-state index >= 15 is 0 Å². The third-order valence-electron chi connectivity index (χ3n) is 5.38. The molecule has 1 saturated heterocycles. The fraction of sp³-hybridized carbons (Fsp3) is 0.474. The summed E-state index contributed by atoms with van der Waals surface area (Å²) >= 11 is 0. The molecule has 1 aliphatic carbocycles. The normalized spacial score (nSPS) is 25.0. The first-order valence-electron chi connectivity index (χ1n) is 9.28. The van der Waals surface area contributed by atoms with Crippen molar-refractivity contribution in [3.63, 3.8) is 0 Å². The summed E-state index contributed by atoms with van der Waals surface area (Å²) in [5.41, 5.74) is 1.76. The molecule has 7 nitrogen and oxygen atoms in total. The van der Waals surface area contributed by atoms with Gasteiger partial charge in [0.05, 0.1) is 29.9 Å². The summed E-state index contributed by atoms with van der Waals surface area (Å²) in [5.74, 6) is 2.83. The number of nitrogens with zero attached hydrogens (tertiary/aromatic N) is 5. The number of halogens is 1. The van der Waals surface area contributed by atoms with E-state index in [1.165, 1.54) is 0 Å². The number of nitrogens with one attached hydrogen (secondary N) is 1. The molecule has 1 aliphatic heterocycles. The lowest BCUT2D eigenvalue weighted by atomic mass is 9.82. The Hall–Kier alpha value is -2.09. The van der Waals surface area contributed by atoms with Crippen LogP contribution in [0.4, 0.5) is 0 Å². The molecule has 0 radical (unpaired) electrons. The first-order valence-corrected chi connectivity index (χ1v) is 9.28. The summed E-state index contributed by atoms with van der Waals surface area (Å²) in [6.45, 7) is 3.67. The van der Waals surface area contributed by atoms with E-state index in [0.717, 1.165) is 60.9 Å². The molecule has 2 fully saturated rings. The van der Waals surface area contributed by atoms with E-state index in [-0.39, 0.29) is 12.4 Å². The third kappa shape index (κ3) is 3.42. The largest absolute Gasteiger partial charge is 0.375 e. The lowest BCUT2D eigenvalue weighted by Gasteiger charge is -2.39. The van der Waals surface area contributed by atoms with Crippen molar-refractivity contribution in [1.82, 2.24) is 30.0 Å². The zero-order chi connectivity index (χ0) is 17.5. The van der Waals surface area contributed by atoms with E-state index in [0.29, 0.717) is 18.1 Å². The summed E-state index contributed by atoms with van der Waals surface area (Å²) in [6, 6.07) is 8.29. The van der Waals surface area contributed by atoms with Crippen molar-refractivity contribution in [3.8, 4) is 5.82 Å². The molecule has 0 unspecified atom stereocenters. The van der Waals surface area contributed by atoms with E-state index in [2.05, 4.69) is 15.4 Å². The van der Waals surface area contributed by atoms with E-state index in [4.69, 9.17) is 14.7 Å². The van der Waals surface area contributed by atoms with Crippen LogP contribution in [-0.4, -0.2) is 50.0 Å². The number of hydrogen-bond donors (Lipinski definition) is 1. The number of para-hydroxylation sites is 2. The standard InChI is InChI=1S/C19H22N6O.ClH/c1-12-22-19(13-6-7-17-16(10-13)20-8-9-26-17)25(24-12)18-11-21-14-4-2-3-5-15(14)23-18;/h2-5,11,13,16-17,20H,6-10H2,1H3;1H/t13-,16+,17+;/m0./s1. The molecule has 0 amide bonds. The Kier molecular flexibility index (Phi) is 5.08. The summed E-state index contributed by atoms with van der Waals surface area (Å²) in [5, 5.41) is 8.22. The number of ether oxygens (including phenoxy) is 1. The van der Waals surface area contributed by atoms with Gasteiger partial charge >= 0.3 is 0 Å². The van der Waals surface area contributed by atoms with Crippen LogP contribution in [0.2, 0.25) is 0 Å². The third-order valence-corrected chi connectivity index (χ3v) is 5.38. The van der Waals surface area contributed by atoms with Crippen LogP contribution in [0.15, 0.2) is 30.5 Å². The maximum atomic E-state index is 5.91. The van der Waals surface area contributed by atoms with Gasteiger partial charge in [0.25, 0.3) is 0 Å². The highest BCUT2D eigenvalue weighted by Crippen LogP contribution is 2.35. The Morgan fingerprint density at radius 3 is 2.89 bits per heavy atom. The smallest absolute Gasteiger partial charge is 0.174 e. The maximum Gasteiger partial charge on any atom is 0.174 e. The second-order valence-corrected chi connectivity index (χ2v) is 7.13. The minimum atomic E-state index is 0. The second-order valence-electron chi connectivity index (χ2n) is 7.13. The molecule has 27 heavy (non-hydrogen) atoms. The topological polar surface area (TPSA) is 77.8 Å². The van der Waals surface area contributed by atoms with E-state index in [9.17, 15) is 0 Å². The van der Waals surface area contributed by atoms with Crippen molar-refractivity contribution in [2.45, 2.75) is 44.2 Å². The van der Waals surface area contributed by atoms with Crippen molar-refractivity contribution in [2.75, 3.05) is 13.2 Å². The number of morpholine rings is 1. The molecule has 0 spiro atoms. The van der Waals surface area contributed by atoms with Crippen LogP contribution in [0, 0.1) is 6.92 Å². The quantitative estimate of drug-likeness (QED) is 0.729. The Morgan fingerprint density at radius 1 is 1.15 bits per heavy atom. The average Bonchev–Trinajstić information content (AvgIpc) is 3.09.